The summed E-state index contributed by atoms with van der Waals surface area (Å²) in [6.45, 7) is 10.2. The second-order valence-corrected chi connectivity index (χ2v) is 9.06. The molecule has 0 saturated carbocycles. The molecule has 1 aromatic rings. The normalized spacial score (nSPS) is 22.4. The van der Waals surface area contributed by atoms with Crippen molar-refractivity contribution in [2.24, 2.45) is 5.41 Å². The maximum Gasteiger partial charge on any atom is 0.237 e. The summed E-state index contributed by atoms with van der Waals surface area (Å²) in [4.78, 5) is 32.6. The molecule has 1 unspecified atom stereocenters. The van der Waals surface area contributed by atoms with Crippen molar-refractivity contribution in [1.29, 1.82) is 0 Å². The highest BCUT2D eigenvalue weighted by Gasteiger charge is 2.33. The number of likely N-dealkylation sites (tertiary alicyclic amines) is 1. The number of piperazine rings is 1. The fraction of sp³-hybridized carbons (Fsp3) is 0.684. The van der Waals surface area contributed by atoms with Crippen LogP contribution in [-0.2, 0) is 9.59 Å². The van der Waals surface area contributed by atoms with Gasteiger partial charge in [-0.3, -0.25) is 14.5 Å². The van der Waals surface area contributed by atoms with Crippen molar-refractivity contribution in [3.05, 3.63) is 22.4 Å². The van der Waals surface area contributed by atoms with E-state index in [1.54, 1.807) is 11.3 Å². The van der Waals surface area contributed by atoms with E-state index in [1.165, 1.54) is 4.88 Å². The van der Waals surface area contributed by atoms with Gasteiger partial charge in [0.15, 0.2) is 0 Å². The molecule has 2 saturated heterocycles. The van der Waals surface area contributed by atoms with Crippen LogP contribution in [0.2, 0.25) is 0 Å². The van der Waals surface area contributed by atoms with Gasteiger partial charge in [0.2, 0.25) is 11.8 Å². The number of rotatable bonds is 3. The lowest BCUT2D eigenvalue weighted by Gasteiger charge is -2.38. The number of amides is 2. The first-order chi connectivity index (χ1) is 11.9. The highest BCUT2D eigenvalue weighted by Crippen LogP contribution is 2.34. The van der Waals surface area contributed by atoms with Crippen LogP contribution in [0.4, 0.5) is 0 Å². The number of carbonyl (C=O) groups excluding carboxylic acids is 2. The predicted octanol–water partition coefficient (Wildman–Crippen LogP) is 2.60. The zero-order chi connectivity index (χ0) is 18.0. The summed E-state index contributed by atoms with van der Waals surface area (Å²) in [5.74, 6) is 0.433. The summed E-state index contributed by atoms with van der Waals surface area (Å²) in [5, 5.41) is 2.09. The van der Waals surface area contributed by atoms with E-state index < -0.39 is 0 Å². The van der Waals surface area contributed by atoms with Crippen LogP contribution in [0.1, 0.15) is 44.5 Å². The molecule has 6 heteroatoms. The van der Waals surface area contributed by atoms with Crippen molar-refractivity contribution >= 4 is 23.2 Å². The van der Waals surface area contributed by atoms with Crippen LogP contribution in [0.15, 0.2) is 17.5 Å². The summed E-state index contributed by atoms with van der Waals surface area (Å²) in [6.07, 6.45) is 2.16. The smallest absolute Gasteiger partial charge is 0.237 e. The van der Waals surface area contributed by atoms with Crippen molar-refractivity contribution in [3.63, 3.8) is 0 Å². The Hall–Kier alpha value is -1.40. The minimum Gasteiger partial charge on any atom is -0.340 e. The first-order valence-electron chi connectivity index (χ1n) is 9.21. The van der Waals surface area contributed by atoms with Gasteiger partial charge in [0.1, 0.15) is 0 Å². The van der Waals surface area contributed by atoms with Gasteiger partial charge in [0.25, 0.3) is 0 Å². The molecular weight excluding hydrogens is 334 g/mol. The van der Waals surface area contributed by atoms with Crippen LogP contribution in [0, 0.1) is 5.41 Å². The van der Waals surface area contributed by atoms with Gasteiger partial charge in [0, 0.05) is 43.0 Å². The molecule has 2 aliphatic rings. The van der Waals surface area contributed by atoms with E-state index in [-0.39, 0.29) is 23.3 Å². The van der Waals surface area contributed by atoms with Crippen molar-refractivity contribution in [1.82, 2.24) is 14.7 Å². The lowest BCUT2D eigenvalue weighted by Crippen LogP contribution is -2.53. The van der Waals surface area contributed by atoms with Gasteiger partial charge in [0.05, 0.1) is 12.6 Å². The van der Waals surface area contributed by atoms with E-state index in [9.17, 15) is 9.59 Å². The summed E-state index contributed by atoms with van der Waals surface area (Å²) < 4.78 is 0. The lowest BCUT2D eigenvalue weighted by atomic mass is 9.94. The quantitative estimate of drug-likeness (QED) is 0.829. The van der Waals surface area contributed by atoms with Crippen LogP contribution in [-0.4, -0.2) is 65.8 Å². The first-order valence-corrected chi connectivity index (χ1v) is 10.1. The molecule has 0 bridgehead atoms. The summed E-state index contributed by atoms with van der Waals surface area (Å²) in [7, 11) is 0. The third-order valence-corrected chi connectivity index (χ3v) is 6.08. The Bertz CT molecular complexity index is 601. The molecule has 2 amide bonds. The van der Waals surface area contributed by atoms with E-state index in [1.807, 2.05) is 25.7 Å². The second-order valence-electron chi connectivity index (χ2n) is 8.08. The van der Waals surface area contributed by atoms with E-state index in [2.05, 4.69) is 27.3 Å². The monoisotopic (exact) mass is 363 g/mol. The number of thiophene rings is 1. The maximum absolute atomic E-state index is 12.8. The summed E-state index contributed by atoms with van der Waals surface area (Å²) in [5.41, 5.74) is -0.332. The maximum atomic E-state index is 12.8. The van der Waals surface area contributed by atoms with E-state index in [4.69, 9.17) is 0 Å². The molecule has 0 aliphatic carbocycles. The summed E-state index contributed by atoms with van der Waals surface area (Å²) >= 11 is 1.74. The van der Waals surface area contributed by atoms with E-state index in [0.29, 0.717) is 6.54 Å². The Labute approximate surface area is 154 Å². The van der Waals surface area contributed by atoms with Crippen molar-refractivity contribution in [3.8, 4) is 0 Å². The van der Waals surface area contributed by atoms with Crippen LogP contribution in [0.3, 0.4) is 0 Å². The molecule has 1 aromatic heterocycles. The Balaban J connectivity index is 1.52. The third-order valence-electron chi connectivity index (χ3n) is 5.10. The fourth-order valence-electron chi connectivity index (χ4n) is 3.71. The van der Waals surface area contributed by atoms with Crippen molar-refractivity contribution in [2.75, 3.05) is 39.3 Å². The molecule has 0 N–H and O–H groups in total. The van der Waals surface area contributed by atoms with Crippen LogP contribution >= 0.6 is 11.3 Å². The van der Waals surface area contributed by atoms with Crippen LogP contribution in [0.5, 0.6) is 0 Å². The predicted molar refractivity (Wildman–Crippen MR) is 100 cm³/mol. The zero-order valence-corrected chi connectivity index (χ0v) is 16.3. The molecule has 5 nitrogen and oxygen atoms in total. The molecule has 0 aromatic carbocycles. The molecule has 0 radical (unpaired) electrons. The molecule has 25 heavy (non-hydrogen) atoms. The first kappa shape index (κ1) is 18.4. The standard InChI is InChI=1S/C19H29N3O2S/c1-19(2,3)18(24)21-11-9-20(10-12-21)14-17(23)22-8-4-6-15(22)16-7-5-13-25-16/h5,7,13,15H,4,6,8-12,14H2,1-3H3. The average Bonchev–Trinajstić information content (AvgIpc) is 3.25. The topological polar surface area (TPSA) is 43.9 Å². The molecule has 0 spiro atoms. The minimum atomic E-state index is -0.332. The molecular formula is C19H29N3O2S. The Morgan fingerprint density at radius 3 is 2.48 bits per heavy atom. The van der Waals surface area contributed by atoms with Gasteiger partial charge in [-0.25, -0.2) is 0 Å². The van der Waals surface area contributed by atoms with Gasteiger partial charge in [-0.1, -0.05) is 26.8 Å². The highest BCUT2D eigenvalue weighted by atomic mass is 32.1. The largest absolute Gasteiger partial charge is 0.340 e. The van der Waals surface area contributed by atoms with Gasteiger partial charge in [-0.15, -0.1) is 11.3 Å². The van der Waals surface area contributed by atoms with Crippen LogP contribution in [0.25, 0.3) is 0 Å². The van der Waals surface area contributed by atoms with Gasteiger partial charge in [-0.05, 0) is 24.3 Å². The Kier molecular flexibility index (Phi) is 5.49. The second kappa shape index (κ2) is 7.46. The van der Waals surface area contributed by atoms with Crippen molar-refractivity contribution < 1.29 is 9.59 Å². The molecule has 3 rings (SSSR count). The van der Waals surface area contributed by atoms with Gasteiger partial charge in [-0.2, -0.15) is 0 Å². The molecule has 1 atom stereocenters. The number of nitrogens with zero attached hydrogens (tertiary/aromatic N) is 3. The van der Waals surface area contributed by atoms with Gasteiger partial charge < -0.3 is 9.80 Å². The van der Waals surface area contributed by atoms with Crippen molar-refractivity contribution in [2.45, 2.75) is 39.7 Å². The molecule has 138 valence electrons. The lowest BCUT2D eigenvalue weighted by molar-refractivity contribution is -0.141. The van der Waals surface area contributed by atoms with Crippen LogP contribution < -0.4 is 0 Å². The SMILES string of the molecule is CC(C)(C)C(=O)N1CCN(CC(=O)N2CCCC2c2cccs2)CC1. The molecule has 2 aliphatic heterocycles. The molecule has 2 fully saturated rings. The number of hydrogen-bond acceptors (Lipinski definition) is 4. The average molecular weight is 364 g/mol. The number of carbonyl (C=O) groups is 2. The highest BCUT2D eigenvalue weighted by molar-refractivity contribution is 7.10. The van der Waals surface area contributed by atoms with E-state index in [0.717, 1.165) is 45.6 Å². The fourth-order valence-corrected chi connectivity index (χ4v) is 4.58. The number of hydrogen-bond donors (Lipinski definition) is 0. The Morgan fingerprint density at radius 2 is 1.88 bits per heavy atom. The van der Waals surface area contributed by atoms with E-state index >= 15 is 0 Å². The molecule has 3 heterocycles. The zero-order valence-electron chi connectivity index (χ0n) is 15.5. The third kappa shape index (κ3) is 4.23. The minimum absolute atomic E-state index is 0.204. The van der Waals surface area contributed by atoms with Gasteiger partial charge >= 0.3 is 0 Å². The Morgan fingerprint density at radius 1 is 1.16 bits per heavy atom. The summed E-state index contributed by atoms with van der Waals surface area (Å²) in [6, 6.07) is 4.46.